The molecule has 0 radical (unpaired) electrons. The van der Waals surface area contributed by atoms with E-state index >= 15 is 0 Å². The lowest BCUT2D eigenvalue weighted by Crippen LogP contribution is -2.12. The molecule has 0 bridgehead atoms. The van der Waals surface area contributed by atoms with Crippen molar-refractivity contribution in [1.29, 1.82) is 0 Å². The first-order valence-electron chi connectivity index (χ1n) is 10.4. The minimum Gasteiger partial charge on any atom is -0.452 e. The van der Waals surface area contributed by atoms with Gasteiger partial charge in [0.25, 0.3) is 0 Å². The Bertz CT molecular complexity index is 738. The molecule has 0 aliphatic carbocycles. The maximum absolute atomic E-state index is 11.8. The van der Waals surface area contributed by atoms with Crippen LogP contribution in [-0.4, -0.2) is 18.5 Å². The lowest BCUT2D eigenvalue weighted by Gasteiger charge is -2.07. The Morgan fingerprint density at radius 2 is 1.40 bits per heavy atom. The zero-order valence-corrected chi connectivity index (χ0v) is 19.7. The summed E-state index contributed by atoms with van der Waals surface area (Å²) in [5, 5.41) is 0.634. The molecule has 4 nitrogen and oxygen atoms in total. The van der Waals surface area contributed by atoms with E-state index in [1.165, 1.54) is 57.1 Å². The van der Waals surface area contributed by atoms with Gasteiger partial charge in [-0.25, -0.2) is 0 Å². The van der Waals surface area contributed by atoms with Crippen LogP contribution in [0, 0.1) is 11.8 Å². The topological polar surface area (TPSA) is 52.6 Å². The minimum atomic E-state index is -0.618. The first kappa shape index (κ1) is 26.6. The van der Waals surface area contributed by atoms with Gasteiger partial charge >= 0.3 is 11.9 Å². The second-order valence-electron chi connectivity index (χ2n) is 6.91. The summed E-state index contributed by atoms with van der Waals surface area (Å²) in [7, 11) is 0. The molecular formula is C23H29Cl3O4. The molecule has 0 aliphatic heterocycles. The van der Waals surface area contributed by atoms with E-state index in [0.29, 0.717) is 0 Å². The standard InChI is InChI=1S/C23H29Cl3O4/c1-2-3-4-5-6-7-8-9-10-11-12-15-29-22(27)13-14-23(28)30-21-17-19(25)18(24)16-20(21)26/h16-17H,2-10,13-15H2,1H3. The van der Waals surface area contributed by atoms with Crippen LogP contribution in [0.3, 0.4) is 0 Å². The highest BCUT2D eigenvalue weighted by Crippen LogP contribution is 2.34. The highest BCUT2D eigenvalue weighted by Gasteiger charge is 2.13. The van der Waals surface area contributed by atoms with Crippen molar-refractivity contribution in [2.24, 2.45) is 0 Å². The molecular weight excluding hydrogens is 447 g/mol. The number of hydrogen-bond acceptors (Lipinski definition) is 4. The SMILES string of the molecule is CCCCCCCCCCC#CCOC(=O)CCC(=O)Oc1cc(Cl)c(Cl)cc1Cl. The normalized spacial score (nSPS) is 10.3. The number of unbranched alkanes of at least 4 members (excludes halogenated alkanes) is 8. The molecule has 0 fully saturated rings. The van der Waals surface area contributed by atoms with Gasteiger partial charge in [0, 0.05) is 12.5 Å². The number of rotatable bonds is 13. The Hall–Kier alpha value is -1.41. The predicted molar refractivity (Wildman–Crippen MR) is 122 cm³/mol. The van der Waals surface area contributed by atoms with Gasteiger partial charge < -0.3 is 9.47 Å². The van der Waals surface area contributed by atoms with E-state index in [0.717, 1.165) is 12.8 Å². The van der Waals surface area contributed by atoms with E-state index in [1.807, 2.05) is 0 Å². The van der Waals surface area contributed by atoms with Gasteiger partial charge in [0.2, 0.25) is 0 Å². The predicted octanol–water partition coefficient (Wildman–Crippen LogP) is 7.41. The smallest absolute Gasteiger partial charge is 0.311 e. The number of carbonyl (C=O) groups excluding carboxylic acids is 2. The molecule has 0 spiro atoms. The zero-order valence-electron chi connectivity index (χ0n) is 17.4. The molecule has 30 heavy (non-hydrogen) atoms. The molecule has 166 valence electrons. The summed E-state index contributed by atoms with van der Waals surface area (Å²) in [5.74, 6) is 4.81. The van der Waals surface area contributed by atoms with Crippen molar-refractivity contribution in [3.8, 4) is 17.6 Å². The molecule has 0 saturated carbocycles. The Morgan fingerprint density at radius 1 is 0.800 bits per heavy atom. The van der Waals surface area contributed by atoms with Gasteiger partial charge in [0.1, 0.15) is 0 Å². The van der Waals surface area contributed by atoms with Crippen molar-refractivity contribution in [1.82, 2.24) is 0 Å². The average molecular weight is 476 g/mol. The monoisotopic (exact) mass is 474 g/mol. The fourth-order valence-corrected chi connectivity index (χ4v) is 3.21. The number of benzene rings is 1. The second kappa shape index (κ2) is 16.3. The van der Waals surface area contributed by atoms with Gasteiger partial charge in [-0.3, -0.25) is 9.59 Å². The third-order valence-electron chi connectivity index (χ3n) is 4.32. The molecule has 0 saturated heterocycles. The van der Waals surface area contributed by atoms with Gasteiger partial charge in [-0.2, -0.15) is 0 Å². The summed E-state index contributed by atoms with van der Waals surface area (Å²) in [4.78, 5) is 23.5. The molecule has 0 atom stereocenters. The van der Waals surface area contributed by atoms with Crippen molar-refractivity contribution in [3.63, 3.8) is 0 Å². The highest BCUT2D eigenvalue weighted by molar-refractivity contribution is 6.43. The summed E-state index contributed by atoms with van der Waals surface area (Å²) in [5.41, 5.74) is 0. The third-order valence-corrected chi connectivity index (χ3v) is 5.34. The van der Waals surface area contributed by atoms with E-state index in [9.17, 15) is 9.59 Å². The van der Waals surface area contributed by atoms with Crippen LogP contribution in [0.25, 0.3) is 0 Å². The van der Waals surface area contributed by atoms with Crippen molar-refractivity contribution < 1.29 is 19.1 Å². The van der Waals surface area contributed by atoms with Crippen LogP contribution >= 0.6 is 34.8 Å². The second-order valence-corrected chi connectivity index (χ2v) is 8.13. The summed E-state index contributed by atoms with van der Waals surface area (Å²) in [6, 6.07) is 2.74. The maximum Gasteiger partial charge on any atom is 0.311 e. The molecule has 1 aromatic rings. The summed E-state index contributed by atoms with van der Waals surface area (Å²) >= 11 is 17.6. The Kier molecular flexibility index (Phi) is 14.5. The first-order chi connectivity index (χ1) is 14.4. The first-order valence-corrected chi connectivity index (χ1v) is 11.5. The Labute approximate surface area is 194 Å². The van der Waals surface area contributed by atoms with E-state index in [4.69, 9.17) is 44.3 Å². The van der Waals surface area contributed by atoms with E-state index < -0.39 is 11.9 Å². The van der Waals surface area contributed by atoms with Gasteiger partial charge in [0.15, 0.2) is 12.4 Å². The van der Waals surface area contributed by atoms with E-state index in [-0.39, 0.29) is 40.3 Å². The number of esters is 2. The molecule has 7 heteroatoms. The fraction of sp³-hybridized carbons (Fsp3) is 0.565. The van der Waals surface area contributed by atoms with Gasteiger partial charge in [-0.15, -0.1) is 0 Å². The quantitative estimate of drug-likeness (QED) is 0.0979. The molecule has 0 amide bonds. The largest absolute Gasteiger partial charge is 0.452 e. The molecule has 0 aliphatic rings. The van der Waals surface area contributed by atoms with Crippen LogP contribution in [0.4, 0.5) is 0 Å². The van der Waals surface area contributed by atoms with Crippen molar-refractivity contribution in [2.75, 3.05) is 6.61 Å². The summed E-state index contributed by atoms with van der Waals surface area (Å²) in [6.07, 6.45) is 10.6. The van der Waals surface area contributed by atoms with E-state index in [2.05, 4.69) is 18.8 Å². The molecule has 0 heterocycles. The zero-order chi connectivity index (χ0) is 22.2. The van der Waals surface area contributed by atoms with E-state index in [1.54, 1.807) is 0 Å². The summed E-state index contributed by atoms with van der Waals surface area (Å²) in [6.45, 7) is 2.25. The maximum atomic E-state index is 11.8. The molecule has 0 N–H and O–H groups in total. The average Bonchev–Trinajstić information content (AvgIpc) is 2.71. The summed E-state index contributed by atoms with van der Waals surface area (Å²) < 4.78 is 10.1. The molecule has 0 aromatic heterocycles. The molecule has 1 rings (SSSR count). The van der Waals surface area contributed by atoms with Gasteiger partial charge in [-0.05, 0) is 12.5 Å². The lowest BCUT2D eigenvalue weighted by atomic mass is 10.1. The third kappa shape index (κ3) is 12.3. The van der Waals surface area contributed by atoms with Crippen LogP contribution in [0.2, 0.25) is 15.1 Å². The van der Waals surface area contributed by atoms with Crippen molar-refractivity contribution in [2.45, 2.75) is 77.6 Å². The number of halogens is 3. The van der Waals surface area contributed by atoms with Crippen LogP contribution < -0.4 is 4.74 Å². The molecule has 1 aromatic carbocycles. The van der Waals surface area contributed by atoms with Crippen LogP contribution in [-0.2, 0) is 14.3 Å². The number of ether oxygens (including phenoxy) is 2. The van der Waals surface area contributed by atoms with Gasteiger partial charge in [0.05, 0.1) is 27.9 Å². The Morgan fingerprint density at radius 3 is 2.10 bits per heavy atom. The van der Waals surface area contributed by atoms with Gasteiger partial charge in [-0.1, -0.05) is 98.5 Å². The van der Waals surface area contributed by atoms with Crippen LogP contribution in [0.1, 0.15) is 77.6 Å². The number of carbonyl (C=O) groups is 2. The fourth-order valence-electron chi connectivity index (χ4n) is 2.64. The van der Waals surface area contributed by atoms with Crippen LogP contribution in [0.15, 0.2) is 12.1 Å². The number of hydrogen-bond donors (Lipinski definition) is 0. The van der Waals surface area contributed by atoms with Crippen molar-refractivity contribution >= 4 is 46.7 Å². The van der Waals surface area contributed by atoms with Crippen molar-refractivity contribution in [3.05, 3.63) is 27.2 Å². The molecule has 0 unspecified atom stereocenters. The lowest BCUT2D eigenvalue weighted by molar-refractivity contribution is -0.145. The van der Waals surface area contributed by atoms with Crippen LogP contribution in [0.5, 0.6) is 5.75 Å². The minimum absolute atomic E-state index is 0.0313. The Balaban J connectivity index is 2.10. The highest BCUT2D eigenvalue weighted by atomic mass is 35.5.